The number of phenols is 1. The minimum absolute atomic E-state index is 0.245. The summed E-state index contributed by atoms with van der Waals surface area (Å²) in [5, 5.41) is 19.8. The fraction of sp³-hybridized carbons (Fsp3) is 0.304. The standard InChI is InChI=1S/C23H27N3O/c1-16(2)8-7-9-17(3)12-13-19-14-18(4)15-22(23(19)27)26-24-20-10-5-6-11-21(20)25-26/h5-6,8,10-12,14-15,27H,7,9,13H2,1-4H3/b17-12+. The summed E-state index contributed by atoms with van der Waals surface area (Å²) in [4.78, 5) is 1.53. The summed E-state index contributed by atoms with van der Waals surface area (Å²) in [5.74, 6) is 0.245. The van der Waals surface area contributed by atoms with Gasteiger partial charge in [-0.05, 0) is 70.7 Å². The van der Waals surface area contributed by atoms with Gasteiger partial charge in [0, 0.05) is 5.56 Å². The molecule has 0 radical (unpaired) electrons. The molecule has 3 aromatic rings. The van der Waals surface area contributed by atoms with Crippen molar-refractivity contribution in [2.24, 2.45) is 0 Å². The largest absolute Gasteiger partial charge is 0.505 e. The van der Waals surface area contributed by atoms with Gasteiger partial charge in [-0.15, -0.1) is 15.0 Å². The topological polar surface area (TPSA) is 50.9 Å². The molecule has 0 saturated carbocycles. The minimum Gasteiger partial charge on any atom is -0.505 e. The average Bonchev–Trinajstić information content (AvgIpc) is 3.05. The van der Waals surface area contributed by atoms with Crippen molar-refractivity contribution in [3.8, 4) is 11.4 Å². The number of aromatic nitrogens is 3. The summed E-state index contributed by atoms with van der Waals surface area (Å²) >= 11 is 0. The number of hydrogen-bond acceptors (Lipinski definition) is 3. The van der Waals surface area contributed by atoms with Gasteiger partial charge in [-0.1, -0.05) is 41.5 Å². The number of benzene rings is 2. The van der Waals surface area contributed by atoms with Gasteiger partial charge in [-0.25, -0.2) is 0 Å². The number of allylic oxidation sites excluding steroid dienone is 4. The molecule has 0 aliphatic rings. The van der Waals surface area contributed by atoms with Crippen LogP contribution in [0.15, 0.2) is 59.7 Å². The van der Waals surface area contributed by atoms with E-state index >= 15 is 0 Å². The van der Waals surface area contributed by atoms with Crippen molar-refractivity contribution in [3.63, 3.8) is 0 Å². The van der Waals surface area contributed by atoms with E-state index in [1.807, 2.05) is 43.3 Å². The van der Waals surface area contributed by atoms with Crippen molar-refractivity contribution in [1.29, 1.82) is 0 Å². The van der Waals surface area contributed by atoms with E-state index in [0.717, 1.165) is 35.0 Å². The van der Waals surface area contributed by atoms with Gasteiger partial charge in [0.1, 0.15) is 22.5 Å². The normalized spacial score (nSPS) is 11.8. The minimum atomic E-state index is 0.245. The lowest BCUT2D eigenvalue weighted by Crippen LogP contribution is -2.01. The number of aryl methyl sites for hydroxylation is 1. The summed E-state index contributed by atoms with van der Waals surface area (Å²) in [6, 6.07) is 11.7. The molecule has 140 valence electrons. The summed E-state index contributed by atoms with van der Waals surface area (Å²) in [5.41, 5.74) is 6.91. The van der Waals surface area contributed by atoms with E-state index < -0.39 is 0 Å². The Bertz CT molecular complexity index is 975. The van der Waals surface area contributed by atoms with Gasteiger partial charge in [0.25, 0.3) is 0 Å². The van der Waals surface area contributed by atoms with Crippen molar-refractivity contribution < 1.29 is 5.11 Å². The van der Waals surface area contributed by atoms with Gasteiger partial charge in [-0.3, -0.25) is 0 Å². The maximum absolute atomic E-state index is 10.8. The van der Waals surface area contributed by atoms with E-state index in [-0.39, 0.29) is 5.75 Å². The first-order valence-corrected chi connectivity index (χ1v) is 9.38. The Morgan fingerprint density at radius 3 is 2.33 bits per heavy atom. The van der Waals surface area contributed by atoms with Crippen molar-refractivity contribution >= 4 is 11.0 Å². The second-order valence-electron chi connectivity index (χ2n) is 7.34. The monoisotopic (exact) mass is 361 g/mol. The van der Waals surface area contributed by atoms with Gasteiger partial charge >= 0.3 is 0 Å². The highest BCUT2D eigenvalue weighted by Gasteiger charge is 2.13. The third-order valence-corrected chi connectivity index (χ3v) is 4.58. The van der Waals surface area contributed by atoms with Gasteiger partial charge in [0.05, 0.1) is 0 Å². The Hall–Kier alpha value is -2.88. The Morgan fingerprint density at radius 2 is 1.70 bits per heavy atom. The Balaban J connectivity index is 1.86. The number of nitrogens with zero attached hydrogens (tertiary/aromatic N) is 3. The molecule has 1 N–H and O–H groups in total. The van der Waals surface area contributed by atoms with Crippen LogP contribution in [-0.2, 0) is 6.42 Å². The van der Waals surface area contributed by atoms with E-state index in [4.69, 9.17) is 0 Å². The van der Waals surface area contributed by atoms with Crippen LogP contribution >= 0.6 is 0 Å². The zero-order valence-electron chi connectivity index (χ0n) is 16.5. The fourth-order valence-electron chi connectivity index (χ4n) is 3.08. The van der Waals surface area contributed by atoms with E-state index in [1.165, 1.54) is 15.9 Å². The van der Waals surface area contributed by atoms with Gasteiger partial charge in [-0.2, -0.15) is 0 Å². The average molecular weight is 361 g/mol. The third-order valence-electron chi connectivity index (χ3n) is 4.58. The molecule has 0 aliphatic heterocycles. The molecular weight excluding hydrogens is 334 g/mol. The number of aromatic hydroxyl groups is 1. The highest BCUT2D eigenvalue weighted by Crippen LogP contribution is 2.29. The first-order valence-electron chi connectivity index (χ1n) is 9.38. The fourth-order valence-corrected chi connectivity index (χ4v) is 3.08. The van der Waals surface area contributed by atoms with Gasteiger partial charge in [0.15, 0.2) is 0 Å². The predicted octanol–water partition coefficient (Wildman–Crippen LogP) is 5.67. The summed E-state index contributed by atoms with van der Waals surface area (Å²) in [7, 11) is 0. The van der Waals surface area contributed by atoms with Crippen LogP contribution in [0, 0.1) is 6.92 Å². The first-order chi connectivity index (χ1) is 12.9. The van der Waals surface area contributed by atoms with E-state index in [0.29, 0.717) is 12.1 Å². The van der Waals surface area contributed by atoms with Gasteiger partial charge < -0.3 is 5.11 Å². The van der Waals surface area contributed by atoms with Crippen molar-refractivity contribution in [2.45, 2.75) is 47.0 Å². The van der Waals surface area contributed by atoms with Crippen LogP contribution in [0.1, 0.15) is 44.7 Å². The van der Waals surface area contributed by atoms with Crippen LogP contribution in [0.5, 0.6) is 5.75 Å². The number of hydrogen-bond donors (Lipinski definition) is 1. The van der Waals surface area contributed by atoms with Crippen LogP contribution in [0.3, 0.4) is 0 Å². The van der Waals surface area contributed by atoms with Crippen molar-refractivity contribution in [2.75, 3.05) is 0 Å². The number of fused-ring (bicyclic) bond motifs is 1. The highest BCUT2D eigenvalue weighted by molar-refractivity contribution is 5.73. The SMILES string of the molecule is CC(C)=CCC/C(C)=C/Cc1cc(C)cc(-n2nc3ccccc3n2)c1O. The van der Waals surface area contributed by atoms with Crippen LogP contribution < -0.4 is 0 Å². The molecule has 0 unspecified atom stereocenters. The van der Waals surface area contributed by atoms with Crippen LogP contribution in [-0.4, -0.2) is 20.1 Å². The molecule has 3 rings (SSSR count). The molecule has 0 atom stereocenters. The molecule has 0 bridgehead atoms. The van der Waals surface area contributed by atoms with Crippen LogP contribution in [0.4, 0.5) is 0 Å². The quantitative estimate of drug-likeness (QED) is 0.576. The molecule has 1 heterocycles. The first kappa shape index (κ1) is 18.9. The van der Waals surface area contributed by atoms with Crippen molar-refractivity contribution in [1.82, 2.24) is 15.0 Å². The lowest BCUT2D eigenvalue weighted by molar-refractivity contribution is 0.462. The van der Waals surface area contributed by atoms with E-state index in [2.05, 4.69) is 43.1 Å². The number of rotatable bonds is 6. The van der Waals surface area contributed by atoms with Crippen molar-refractivity contribution in [3.05, 3.63) is 70.8 Å². The number of phenolic OH excluding ortho intramolecular Hbond substituents is 1. The zero-order chi connectivity index (χ0) is 19.4. The molecule has 2 aromatic carbocycles. The van der Waals surface area contributed by atoms with Gasteiger partial charge in [0.2, 0.25) is 0 Å². The summed E-state index contributed by atoms with van der Waals surface area (Å²) < 4.78 is 0. The molecule has 4 nitrogen and oxygen atoms in total. The molecule has 4 heteroatoms. The highest BCUT2D eigenvalue weighted by atomic mass is 16.3. The Labute approximate surface area is 160 Å². The molecule has 0 aliphatic carbocycles. The second-order valence-corrected chi connectivity index (χ2v) is 7.34. The molecule has 0 saturated heterocycles. The maximum Gasteiger partial charge on any atom is 0.146 e. The van der Waals surface area contributed by atoms with E-state index in [1.54, 1.807) is 0 Å². The summed E-state index contributed by atoms with van der Waals surface area (Å²) in [6.07, 6.45) is 7.25. The molecule has 0 spiro atoms. The summed E-state index contributed by atoms with van der Waals surface area (Å²) in [6.45, 7) is 8.42. The molecule has 0 fully saturated rings. The molecule has 1 aromatic heterocycles. The Morgan fingerprint density at radius 1 is 1.04 bits per heavy atom. The van der Waals surface area contributed by atoms with E-state index in [9.17, 15) is 5.11 Å². The lowest BCUT2D eigenvalue weighted by atomic mass is 10.0. The molecule has 0 amide bonds. The molecular formula is C23H27N3O. The molecule has 27 heavy (non-hydrogen) atoms. The Kier molecular flexibility index (Phi) is 5.75. The third kappa shape index (κ3) is 4.64. The van der Waals surface area contributed by atoms with Crippen LogP contribution in [0.2, 0.25) is 0 Å². The smallest absolute Gasteiger partial charge is 0.146 e. The zero-order valence-corrected chi connectivity index (χ0v) is 16.5. The second kappa shape index (κ2) is 8.21. The van der Waals surface area contributed by atoms with Crippen LogP contribution in [0.25, 0.3) is 16.7 Å². The maximum atomic E-state index is 10.8. The predicted molar refractivity (Wildman–Crippen MR) is 111 cm³/mol. The lowest BCUT2D eigenvalue weighted by Gasteiger charge is -2.10.